The molecule has 0 N–H and O–H groups in total. The molecule has 3 aromatic rings. The summed E-state index contributed by atoms with van der Waals surface area (Å²) in [6.07, 6.45) is 1.86. The molecule has 30 heavy (non-hydrogen) atoms. The molecule has 4 rings (SSSR count). The lowest BCUT2D eigenvalue weighted by molar-refractivity contribution is 0.324. The second kappa shape index (κ2) is 8.19. The van der Waals surface area contributed by atoms with Crippen molar-refractivity contribution in [3.63, 3.8) is 0 Å². The SMILES string of the molecule is COc1cc(C2=NCc3nccc(-c4ccc(C(C)C)cc4)c32)cc(OC)c1OC. The van der Waals surface area contributed by atoms with E-state index in [1.54, 1.807) is 21.3 Å². The highest BCUT2D eigenvalue weighted by molar-refractivity contribution is 6.18. The Hall–Kier alpha value is -3.34. The molecule has 0 amide bonds. The maximum absolute atomic E-state index is 5.54. The van der Waals surface area contributed by atoms with Crippen molar-refractivity contribution in [3.8, 4) is 28.4 Å². The van der Waals surface area contributed by atoms with Gasteiger partial charge in [-0.1, -0.05) is 38.1 Å². The van der Waals surface area contributed by atoms with Gasteiger partial charge in [0.05, 0.1) is 39.3 Å². The normalized spacial score (nSPS) is 12.5. The molecule has 2 heterocycles. The second-order valence-electron chi connectivity index (χ2n) is 7.54. The maximum atomic E-state index is 5.54. The Morgan fingerprint density at radius 2 is 1.50 bits per heavy atom. The van der Waals surface area contributed by atoms with E-state index in [2.05, 4.69) is 49.2 Å². The third-order valence-corrected chi connectivity index (χ3v) is 5.48. The molecule has 0 unspecified atom stereocenters. The van der Waals surface area contributed by atoms with Crippen molar-refractivity contribution in [3.05, 3.63) is 71.0 Å². The van der Waals surface area contributed by atoms with Crippen LogP contribution in [-0.2, 0) is 6.54 Å². The monoisotopic (exact) mass is 402 g/mol. The predicted octanol–water partition coefficient (Wildman–Crippen LogP) is 5.25. The van der Waals surface area contributed by atoms with Crippen LogP contribution in [0, 0.1) is 0 Å². The number of aromatic nitrogens is 1. The molecular formula is C25H26N2O3. The Balaban J connectivity index is 1.84. The van der Waals surface area contributed by atoms with E-state index >= 15 is 0 Å². The fourth-order valence-electron chi connectivity index (χ4n) is 3.86. The van der Waals surface area contributed by atoms with E-state index in [9.17, 15) is 0 Å². The molecule has 0 aliphatic carbocycles. The van der Waals surface area contributed by atoms with Crippen LogP contribution in [0.3, 0.4) is 0 Å². The summed E-state index contributed by atoms with van der Waals surface area (Å²) in [6, 6.07) is 14.7. The van der Waals surface area contributed by atoms with Crippen molar-refractivity contribution >= 4 is 5.71 Å². The number of ether oxygens (including phenoxy) is 3. The summed E-state index contributed by atoms with van der Waals surface area (Å²) in [4.78, 5) is 9.40. The molecular weight excluding hydrogens is 376 g/mol. The van der Waals surface area contributed by atoms with Gasteiger partial charge in [0.2, 0.25) is 5.75 Å². The second-order valence-corrected chi connectivity index (χ2v) is 7.54. The fraction of sp³-hybridized carbons (Fsp3) is 0.280. The van der Waals surface area contributed by atoms with Gasteiger partial charge in [0.1, 0.15) is 0 Å². The van der Waals surface area contributed by atoms with Gasteiger partial charge < -0.3 is 14.2 Å². The molecule has 0 fully saturated rings. The zero-order chi connectivity index (χ0) is 21.3. The van der Waals surface area contributed by atoms with Gasteiger partial charge in [-0.3, -0.25) is 9.98 Å². The van der Waals surface area contributed by atoms with Crippen LogP contribution in [-0.4, -0.2) is 32.0 Å². The number of nitrogens with zero attached hydrogens (tertiary/aromatic N) is 2. The van der Waals surface area contributed by atoms with Crippen molar-refractivity contribution in [1.29, 1.82) is 0 Å². The van der Waals surface area contributed by atoms with E-state index in [0.29, 0.717) is 29.7 Å². The van der Waals surface area contributed by atoms with Crippen LogP contribution < -0.4 is 14.2 Å². The number of hydrogen-bond donors (Lipinski definition) is 0. The highest BCUT2D eigenvalue weighted by Crippen LogP contribution is 2.40. The number of fused-ring (bicyclic) bond motifs is 1. The molecule has 5 heteroatoms. The molecule has 0 spiro atoms. The molecule has 154 valence electrons. The molecule has 1 aliphatic rings. The summed E-state index contributed by atoms with van der Waals surface area (Å²) in [5, 5.41) is 0. The summed E-state index contributed by atoms with van der Waals surface area (Å²) in [5.74, 6) is 2.28. The summed E-state index contributed by atoms with van der Waals surface area (Å²) in [5.41, 5.74) is 7.44. The Morgan fingerprint density at radius 1 is 0.833 bits per heavy atom. The molecule has 0 bridgehead atoms. The topological polar surface area (TPSA) is 52.9 Å². The van der Waals surface area contributed by atoms with Gasteiger partial charge in [0, 0.05) is 17.3 Å². The van der Waals surface area contributed by atoms with Crippen LogP contribution in [0.15, 0.2) is 53.7 Å². The lowest BCUT2D eigenvalue weighted by Gasteiger charge is -2.16. The highest BCUT2D eigenvalue weighted by Gasteiger charge is 2.25. The Labute approximate surface area is 177 Å². The summed E-state index contributed by atoms with van der Waals surface area (Å²) >= 11 is 0. The standard InChI is InChI=1S/C25H26N2O3/c1-15(2)16-6-8-17(9-7-16)19-10-11-26-20-14-27-24(23(19)20)18-12-21(28-3)25(30-5)22(13-18)29-4/h6-13,15H,14H2,1-5H3. The molecule has 5 nitrogen and oxygen atoms in total. The zero-order valence-corrected chi connectivity index (χ0v) is 18.0. The van der Waals surface area contributed by atoms with Crippen molar-refractivity contribution in [1.82, 2.24) is 4.98 Å². The van der Waals surface area contributed by atoms with Crippen LogP contribution in [0.25, 0.3) is 11.1 Å². The first-order chi connectivity index (χ1) is 14.6. The number of benzene rings is 2. The minimum Gasteiger partial charge on any atom is -0.493 e. The van der Waals surface area contributed by atoms with E-state index in [1.165, 1.54) is 5.56 Å². The van der Waals surface area contributed by atoms with E-state index < -0.39 is 0 Å². The van der Waals surface area contributed by atoms with Gasteiger partial charge in [0.15, 0.2) is 11.5 Å². The molecule has 0 radical (unpaired) electrons. The maximum Gasteiger partial charge on any atom is 0.203 e. The summed E-state index contributed by atoms with van der Waals surface area (Å²) in [6.45, 7) is 4.96. The molecule has 1 aliphatic heterocycles. The zero-order valence-electron chi connectivity index (χ0n) is 18.0. The first-order valence-electron chi connectivity index (χ1n) is 10.0. The lowest BCUT2D eigenvalue weighted by atomic mass is 9.92. The molecule has 0 saturated carbocycles. The summed E-state index contributed by atoms with van der Waals surface area (Å²) in [7, 11) is 4.84. The Kier molecular flexibility index (Phi) is 5.44. The molecule has 1 aromatic heterocycles. The number of pyridine rings is 1. The molecule has 0 saturated heterocycles. The lowest BCUT2D eigenvalue weighted by Crippen LogP contribution is -2.06. The quantitative estimate of drug-likeness (QED) is 0.565. The Morgan fingerprint density at radius 3 is 2.07 bits per heavy atom. The number of aliphatic imine (C=N–C) groups is 1. The van der Waals surface area contributed by atoms with Crippen molar-refractivity contribution in [2.75, 3.05) is 21.3 Å². The fourth-order valence-corrected chi connectivity index (χ4v) is 3.86. The van der Waals surface area contributed by atoms with Crippen LogP contribution in [0.5, 0.6) is 17.2 Å². The van der Waals surface area contributed by atoms with Crippen LogP contribution >= 0.6 is 0 Å². The largest absolute Gasteiger partial charge is 0.493 e. The van der Waals surface area contributed by atoms with E-state index in [-0.39, 0.29) is 0 Å². The number of hydrogen-bond acceptors (Lipinski definition) is 5. The first kappa shape index (κ1) is 20.0. The van der Waals surface area contributed by atoms with E-state index in [1.807, 2.05) is 18.3 Å². The van der Waals surface area contributed by atoms with Gasteiger partial charge in [-0.15, -0.1) is 0 Å². The highest BCUT2D eigenvalue weighted by atomic mass is 16.5. The third-order valence-electron chi connectivity index (χ3n) is 5.48. The molecule has 2 aromatic carbocycles. The van der Waals surface area contributed by atoms with Crippen LogP contribution in [0.1, 0.15) is 42.1 Å². The smallest absolute Gasteiger partial charge is 0.203 e. The Bertz CT molecular complexity index is 1080. The van der Waals surface area contributed by atoms with E-state index in [4.69, 9.17) is 19.2 Å². The van der Waals surface area contributed by atoms with Gasteiger partial charge in [-0.05, 0) is 40.8 Å². The number of methoxy groups -OCH3 is 3. The third kappa shape index (κ3) is 3.41. The van der Waals surface area contributed by atoms with Crippen molar-refractivity contribution in [2.24, 2.45) is 4.99 Å². The van der Waals surface area contributed by atoms with Crippen molar-refractivity contribution in [2.45, 2.75) is 26.3 Å². The minimum atomic E-state index is 0.499. The van der Waals surface area contributed by atoms with Gasteiger partial charge in [-0.25, -0.2) is 0 Å². The molecule has 0 atom stereocenters. The predicted molar refractivity (Wildman–Crippen MR) is 119 cm³/mol. The van der Waals surface area contributed by atoms with Crippen LogP contribution in [0.2, 0.25) is 0 Å². The minimum absolute atomic E-state index is 0.499. The van der Waals surface area contributed by atoms with Gasteiger partial charge in [0.25, 0.3) is 0 Å². The van der Waals surface area contributed by atoms with E-state index in [0.717, 1.165) is 33.7 Å². The average Bonchev–Trinajstić information content (AvgIpc) is 3.22. The first-order valence-corrected chi connectivity index (χ1v) is 10.0. The number of rotatable bonds is 6. The van der Waals surface area contributed by atoms with Crippen LogP contribution in [0.4, 0.5) is 0 Å². The van der Waals surface area contributed by atoms with Crippen molar-refractivity contribution < 1.29 is 14.2 Å². The average molecular weight is 402 g/mol. The van der Waals surface area contributed by atoms with Gasteiger partial charge in [-0.2, -0.15) is 0 Å². The summed E-state index contributed by atoms with van der Waals surface area (Å²) < 4.78 is 16.6. The van der Waals surface area contributed by atoms with Gasteiger partial charge >= 0.3 is 0 Å².